The SMILES string of the molecule is CC(C)(CC1C(c2ccccc2)=Cc2ccccc21)c1ccc2ccccc2c1C=N. The summed E-state index contributed by atoms with van der Waals surface area (Å²) in [5.74, 6) is 0.332. The van der Waals surface area contributed by atoms with Gasteiger partial charge in [0.1, 0.15) is 0 Å². The van der Waals surface area contributed by atoms with Gasteiger partial charge in [0.25, 0.3) is 0 Å². The molecule has 4 aromatic carbocycles. The van der Waals surface area contributed by atoms with Crippen LogP contribution in [0.3, 0.4) is 0 Å². The van der Waals surface area contributed by atoms with Gasteiger partial charge in [-0.15, -0.1) is 0 Å². The second-order valence-electron chi connectivity index (χ2n) is 9.13. The van der Waals surface area contributed by atoms with Gasteiger partial charge in [0, 0.05) is 17.7 Å². The normalized spacial score (nSPS) is 15.5. The summed E-state index contributed by atoms with van der Waals surface area (Å²) in [4.78, 5) is 0. The molecule has 1 aliphatic carbocycles. The quantitative estimate of drug-likeness (QED) is 0.329. The first kappa shape index (κ1) is 19.5. The molecule has 1 atom stereocenters. The standard InChI is InChI=1S/C30H27N/c1-30(2,29-17-16-22-12-6-8-14-24(22)28(29)20-31)19-27-25-15-9-7-13-23(25)18-26(27)21-10-4-3-5-11-21/h3-18,20,27,31H,19H2,1-2H3. The fraction of sp³-hybridized carbons (Fsp3) is 0.167. The van der Waals surface area contributed by atoms with Gasteiger partial charge in [-0.05, 0) is 50.4 Å². The van der Waals surface area contributed by atoms with Crippen LogP contribution in [0, 0.1) is 5.41 Å². The second-order valence-corrected chi connectivity index (χ2v) is 9.13. The minimum absolute atomic E-state index is 0.0904. The van der Waals surface area contributed by atoms with Crippen molar-refractivity contribution in [2.24, 2.45) is 0 Å². The van der Waals surface area contributed by atoms with Crippen molar-refractivity contribution in [1.29, 1.82) is 5.41 Å². The van der Waals surface area contributed by atoms with E-state index in [2.05, 4.69) is 111 Å². The van der Waals surface area contributed by atoms with E-state index >= 15 is 0 Å². The van der Waals surface area contributed by atoms with Gasteiger partial charge in [-0.1, -0.05) is 111 Å². The van der Waals surface area contributed by atoms with Crippen molar-refractivity contribution in [1.82, 2.24) is 0 Å². The van der Waals surface area contributed by atoms with Crippen molar-refractivity contribution in [3.8, 4) is 0 Å². The van der Waals surface area contributed by atoms with Crippen LogP contribution >= 0.6 is 0 Å². The van der Waals surface area contributed by atoms with Gasteiger partial charge in [-0.2, -0.15) is 0 Å². The molecule has 1 N–H and O–H groups in total. The Hall–Kier alpha value is -3.45. The number of fused-ring (bicyclic) bond motifs is 2. The third kappa shape index (κ3) is 3.41. The first-order valence-electron chi connectivity index (χ1n) is 11.0. The van der Waals surface area contributed by atoms with Crippen LogP contribution in [-0.4, -0.2) is 6.21 Å². The van der Waals surface area contributed by atoms with Crippen LogP contribution in [0.15, 0.2) is 91.0 Å². The molecule has 1 unspecified atom stereocenters. The lowest BCUT2D eigenvalue weighted by Gasteiger charge is -2.32. The first-order valence-corrected chi connectivity index (χ1v) is 11.0. The summed E-state index contributed by atoms with van der Waals surface area (Å²) in [5.41, 5.74) is 7.63. The molecule has 1 nitrogen and oxygen atoms in total. The smallest absolute Gasteiger partial charge is 0.0259 e. The molecule has 0 spiro atoms. The molecule has 0 saturated heterocycles. The Morgan fingerprint density at radius 2 is 1.52 bits per heavy atom. The van der Waals surface area contributed by atoms with E-state index in [-0.39, 0.29) is 5.41 Å². The zero-order valence-electron chi connectivity index (χ0n) is 18.1. The number of allylic oxidation sites excluding steroid dienone is 1. The molecule has 0 aliphatic heterocycles. The number of nitrogens with one attached hydrogen (secondary N) is 1. The van der Waals surface area contributed by atoms with Crippen LogP contribution < -0.4 is 0 Å². The maximum atomic E-state index is 8.19. The third-order valence-corrected chi connectivity index (χ3v) is 6.72. The lowest BCUT2D eigenvalue weighted by Crippen LogP contribution is -2.23. The topological polar surface area (TPSA) is 23.9 Å². The second kappa shape index (κ2) is 7.67. The Balaban J connectivity index is 1.60. The van der Waals surface area contributed by atoms with Gasteiger partial charge < -0.3 is 5.41 Å². The van der Waals surface area contributed by atoms with Crippen LogP contribution in [0.1, 0.15) is 54.0 Å². The van der Waals surface area contributed by atoms with Gasteiger partial charge in [-0.3, -0.25) is 0 Å². The Labute approximate surface area is 184 Å². The molecular weight excluding hydrogens is 374 g/mol. The number of benzene rings is 4. The molecule has 0 fully saturated rings. The lowest BCUT2D eigenvalue weighted by atomic mass is 9.71. The number of hydrogen-bond acceptors (Lipinski definition) is 1. The minimum Gasteiger partial charge on any atom is -0.308 e. The monoisotopic (exact) mass is 401 g/mol. The molecule has 31 heavy (non-hydrogen) atoms. The molecule has 152 valence electrons. The highest BCUT2D eigenvalue weighted by Crippen LogP contribution is 2.48. The van der Waals surface area contributed by atoms with Gasteiger partial charge in [0.2, 0.25) is 0 Å². The van der Waals surface area contributed by atoms with E-state index in [0.717, 1.165) is 17.4 Å². The van der Waals surface area contributed by atoms with Crippen LogP contribution in [0.25, 0.3) is 22.4 Å². The van der Waals surface area contributed by atoms with E-state index in [9.17, 15) is 0 Å². The summed E-state index contributed by atoms with van der Waals surface area (Å²) >= 11 is 0. The highest BCUT2D eigenvalue weighted by atomic mass is 14.4. The van der Waals surface area contributed by atoms with Crippen molar-refractivity contribution < 1.29 is 0 Å². The Morgan fingerprint density at radius 1 is 0.806 bits per heavy atom. The van der Waals surface area contributed by atoms with Crippen LogP contribution in [-0.2, 0) is 5.41 Å². The minimum atomic E-state index is -0.0904. The molecule has 5 rings (SSSR count). The maximum absolute atomic E-state index is 8.19. The summed E-state index contributed by atoms with van der Waals surface area (Å²) in [6.07, 6.45) is 4.89. The van der Waals surface area contributed by atoms with Crippen LogP contribution in [0.4, 0.5) is 0 Å². The Morgan fingerprint density at radius 3 is 2.32 bits per heavy atom. The Kier molecular flexibility index (Phi) is 4.82. The zero-order valence-corrected chi connectivity index (χ0v) is 18.1. The van der Waals surface area contributed by atoms with Crippen molar-refractivity contribution in [3.05, 3.63) is 119 Å². The van der Waals surface area contributed by atoms with Crippen molar-refractivity contribution >= 4 is 28.6 Å². The predicted octanol–water partition coefficient (Wildman–Crippen LogP) is 7.84. The number of rotatable bonds is 5. The van der Waals surface area contributed by atoms with E-state index in [1.54, 1.807) is 0 Å². The summed E-state index contributed by atoms with van der Waals surface area (Å²) in [7, 11) is 0. The van der Waals surface area contributed by atoms with E-state index in [0.29, 0.717) is 5.92 Å². The third-order valence-electron chi connectivity index (χ3n) is 6.72. The highest BCUT2D eigenvalue weighted by molar-refractivity contribution is 6.00. The van der Waals surface area contributed by atoms with Crippen LogP contribution in [0.5, 0.6) is 0 Å². The van der Waals surface area contributed by atoms with E-state index in [4.69, 9.17) is 5.41 Å². The molecular formula is C30H27N. The largest absolute Gasteiger partial charge is 0.308 e. The fourth-order valence-corrected chi connectivity index (χ4v) is 5.19. The molecule has 0 amide bonds. The summed E-state index contributed by atoms with van der Waals surface area (Å²) in [5, 5.41) is 10.5. The predicted molar refractivity (Wildman–Crippen MR) is 133 cm³/mol. The lowest BCUT2D eigenvalue weighted by molar-refractivity contribution is 0.462. The van der Waals surface area contributed by atoms with Crippen molar-refractivity contribution in [2.45, 2.75) is 31.6 Å². The molecule has 0 saturated carbocycles. The maximum Gasteiger partial charge on any atom is 0.0259 e. The van der Waals surface area contributed by atoms with E-state index in [1.165, 1.54) is 39.4 Å². The van der Waals surface area contributed by atoms with Crippen LogP contribution in [0.2, 0.25) is 0 Å². The van der Waals surface area contributed by atoms with Crippen molar-refractivity contribution in [2.75, 3.05) is 0 Å². The summed E-state index contributed by atoms with van der Waals surface area (Å²) < 4.78 is 0. The Bertz CT molecular complexity index is 1290. The summed E-state index contributed by atoms with van der Waals surface area (Å²) in [6, 6.07) is 32.4. The molecule has 0 bridgehead atoms. The molecule has 0 heterocycles. The molecule has 0 radical (unpaired) electrons. The average Bonchev–Trinajstić information content (AvgIpc) is 3.16. The first-order chi connectivity index (χ1) is 15.1. The van der Waals surface area contributed by atoms with E-state index < -0.39 is 0 Å². The molecule has 4 aromatic rings. The average molecular weight is 402 g/mol. The van der Waals surface area contributed by atoms with Gasteiger partial charge in [0.05, 0.1) is 0 Å². The zero-order chi connectivity index (χ0) is 21.4. The molecule has 1 aliphatic rings. The van der Waals surface area contributed by atoms with Gasteiger partial charge in [-0.25, -0.2) is 0 Å². The van der Waals surface area contributed by atoms with E-state index in [1.807, 2.05) is 0 Å². The van der Waals surface area contributed by atoms with Crippen molar-refractivity contribution in [3.63, 3.8) is 0 Å². The fourth-order valence-electron chi connectivity index (χ4n) is 5.19. The van der Waals surface area contributed by atoms with Gasteiger partial charge in [0.15, 0.2) is 0 Å². The molecule has 1 heteroatoms. The highest BCUT2D eigenvalue weighted by Gasteiger charge is 2.34. The van der Waals surface area contributed by atoms with Gasteiger partial charge >= 0.3 is 0 Å². The number of hydrogen-bond donors (Lipinski definition) is 1. The molecule has 0 aromatic heterocycles. The summed E-state index contributed by atoms with van der Waals surface area (Å²) in [6.45, 7) is 4.65.